The highest BCUT2D eigenvalue weighted by Gasteiger charge is 2.25. The van der Waals surface area contributed by atoms with Crippen LogP contribution < -0.4 is 5.32 Å². The average molecular weight is 772 g/mol. The van der Waals surface area contributed by atoms with E-state index in [0.29, 0.717) is 12.8 Å². The van der Waals surface area contributed by atoms with Gasteiger partial charge >= 0.3 is 7.82 Å². The SMILES string of the molecule is CCCCCCCC/C=C/CCCCCCCCCCCCCCCC(=O)N[C@@H](COP(=O)(O)O)[C@H](O)CCCCCCCCCCCCCCCC. The van der Waals surface area contributed by atoms with Crippen LogP contribution in [0.5, 0.6) is 0 Å². The first-order chi connectivity index (χ1) is 25.8. The molecule has 0 rings (SSSR count). The Hall–Kier alpha value is -0.720. The van der Waals surface area contributed by atoms with Crippen LogP contribution in [0.15, 0.2) is 12.2 Å². The Kier molecular flexibility index (Phi) is 40.4. The number of allylic oxidation sites excluding steroid dienone is 2. The average Bonchev–Trinajstić information content (AvgIpc) is 3.13. The number of hydrogen-bond acceptors (Lipinski definition) is 4. The van der Waals surface area contributed by atoms with Crippen LogP contribution in [0.3, 0.4) is 0 Å². The predicted molar refractivity (Wildman–Crippen MR) is 227 cm³/mol. The lowest BCUT2D eigenvalue weighted by molar-refractivity contribution is -0.123. The van der Waals surface area contributed by atoms with Gasteiger partial charge in [0.15, 0.2) is 0 Å². The summed E-state index contributed by atoms with van der Waals surface area (Å²) in [4.78, 5) is 31.0. The maximum absolute atomic E-state index is 12.6. The number of unbranched alkanes of at least 4 members (excludes halogenated alkanes) is 32. The summed E-state index contributed by atoms with van der Waals surface area (Å²) in [5.41, 5.74) is 0. The van der Waals surface area contributed by atoms with E-state index < -0.39 is 26.6 Å². The molecule has 0 spiro atoms. The second-order valence-electron chi connectivity index (χ2n) is 16.1. The Labute approximate surface area is 329 Å². The van der Waals surface area contributed by atoms with Crippen LogP contribution in [-0.4, -0.2) is 39.6 Å². The standard InChI is InChI=1S/C45H90NO6P/c1-3-5-7-9-11-13-15-17-19-20-21-22-23-24-25-26-27-29-31-33-35-37-39-41-45(48)46-43(42-52-53(49,50)51)44(47)40-38-36-34-32-30-28-18-16-14-12-10-8-6-4-2/h17,19,43-44,47H,3-16,18,20-42H2,1-2H3,(H,46,48)(H2,49,50,51)/b19-17+/t43-,44+/m0/s1. The summed E-state index contributed by atoms with van der Waals surface area (Å²) in [6.07, 6.45) is 49.2. The largest absolute Gasteiger partial charge is 0.469 e. The molecule has 0 unspecified atom stereocenters. The van der Waals surface area contributed by atoms with Crippen LogP contribution >= 0.6 is 7.82 Å². The van der Waals surface area contributed by atoms with Crippen molar-refractivity contribution >= 4 is 13.7 Å². The third kappa shape index (κ3) is 42.3. The molecule has 316 valence electrons. The van der Waals surface area contributed by atoms with E-state index in [9.17, 15) is 24.3 Å². The number of carbonyl (C=O) groups excluding carboxylic acids is 1. The highest BCUT2D eigenvalue weighted by Crippen LogP contribution is 2.36. The van der Waals surface area contributed by atoms with Crippen molar-refractivity contribution in [2.45, 2.75) is 264 Å². The van der Waals surface area contributed by atoms with E-state index in [1.54, 1.807) is 0 Å². The van der Waals surface area contributed by atoms with Crippen LogP contribution in [0.2, 0.25) is 0 Å². The number of amides is 1. The van der Waals surface area contributed by atoms with Gasteiger partial charge in [0, 0.05) is 6.42 Å². The fourth-order valence-corrected chi connectivity index (χ4v) is 7.58. The Morgan fingerprint density at radius 2 is 0.849 bits per heavy atom. The number of carbonyl (C=O) groups is 1. The van der Waals surface area contributed by atoms with E-state index in [1.165, 1.54) is 186 Å². The van der Waals surface area contributed by atoms with Gasteiger partial charge in [-0.2, -0.15) is 0 Å². The molecule has 4 N–H and O–H groups in total. The molecule has 0 aliphatic heterocycles. The number of hydrogen-bond donors (Lipinski definition) is 4. The van der Waals surface area contributed by atoms with Gasteiger partial charge in [-0.05, 0) is 38.5 Å². The maximum atomic E-state index is 12.6. The fraction of sp³-hybridized carbons (Fsp3) is 0.933. The number of rotatable bonds is 43. The first-order valence-corrected chi connectivity index (χ1v) is 24.7. The van der Waals surface area contributed by atoms with Crippen molar-refractivity contribution in [2.75, 3.05) is 6.61 Å². The fourth-order valence-electron chi connectivity index (χ4n) is 7.22. The number of aliphatic hydroxyl groups is 1. The molecule has 8 heteroatoms. The number of phosphoric ester groups is 1. The third-order valence-corrected chi connectivity index (χ3v) is 11.2. The lowest BCUT2D eigenvalue weighted by Crippen LogP contribution is -2.46. The minimum atomic E-state index is -4.69. The minimum Gasteiger partial charge on any atom is -0.391 e. The van der Waals surface area contributed by atoms with Crippen LogP contribution in [0.25, 0.3) is 0 Å². The summed E-state index contributed by atoms with van der Waals surface area (Å²) in [6.45, 7) is 4.14. The lowest BCUT2D eigenvalue weighted by Gasteiger charge is -2.24. The molecular weight excluding hydrogens is 681 g/mol. The Balaban J connectivity index is 3.80. The van der Waals surface area contributed by atoms with E-state index in [-0.39, 0.29) is 5.91 Å². The summed E-state index contributed by atoms with van der Waals surface area (Å²) < 4.78 is 16.0. The van der Waals surface area contributed by atoms with Crippen LogP contribution in [-0.2, 0) is 13.9 Å². The first kappa shape index (κ1) is 52.3. The normalized spacial score (nSPS) is 13.2. The van der Waals surface area contributed by atoms with Crippen molar-refractivity contribution in [1.29, 1.82) is 0 Å². The van der Waals surface area contributed by atoms with Crippen molar-refractivity contribution in [1.82, 2.24) is 5.32 Å². The van der Waals surface area contributed by atoms with Crippen molar-refractivity contribution in [2.24, 2.45) is 0 Å². The van der Waals surface area contributed by atoms with E-state index in [1.807, 2.05) is 0 Å². The van der Waals surface area contributed by atoms with Gasteiger partial charge in [0.25, 0.3) is 0 Å². The molecule has 0 aliphatic carbocycles. The quantitative estimate of drug-likeness (QED) is 0.0279. The molecule has 0 heterocycles. The molecule has 0 aromatic rings. The number of aliphatic hydroxyl groups excluding tert-OH is 1. The third-order valence-electron chi connectivity index (χ3n) is 10.8. The highest BCUT2D eigenvalue weighted by molar-refractivity contribution is 7.46. The van der Waals surface area contributed by atoms with Gasteiger partial charge in [0.05, 0.1) is 18.8 Å². The molecular formula is C45H90NO6P. The van der Waals surface area contributed by atoms with E-state index in [4.69, 9.17) is 0 Å². The van der Waals surface area contributed by atoms with Gasteiger partial charge in [-0.1, -0.05) is 219 Å². The van der Waals surface area contributed by atoms with Crippen LogP contribution in [0, 0.1) is 0 Å². The lowest BCUT2D eigenvalue weighted by atomic mass is 10.0. The summed E-state index contributed by atoms with van der Waals surface area (Å²) in [7, 11) is -4.69. The maximum Gasteiger partial charge on any atom is 0.469 e. The molecule has 2 atom stereocenters. The highest BCUT2D eigenvalue weighted by atomic mass is 31.2. The summed E-state index contributed by atoms with van der Waals surface area (Å²) >= 11 is 0. The molecule has 7 nitrogen and oxygen atoms in total. The summed E-state index contributed by atoms with van der Waals surface area (Å²) in [5.74, 6) is -0.190. The summed E-state index contributed by atoms with van der Waals surface area (Å²) in [6, 6.07) is -0.821. The smallest absolute Gasteiger partial charge is 0.391 e. The van der Waals surface area contributed by atoms with Gasteiger partial charge in [-0.15, -0.1) is 0 Å². The second-order valence-corrected chi connectivity index (χ2v) is 17.3. The van der Waals surface area contributed by atoms with Gasteiger partial charge in [-0.25, -0.2) is 4.57 Å². The molecule has 0 bridgehead atoms. The van der Waals surface area contributed by atoms with E-state index >= 15 is 0 Å². The van der Waals surface area contributed by atoms with E-state index in [0.717, 1.165) is 38.5 Å². The Morgan fingerprint density at radius 3 is 1.21 bits per heavy atom. The molecule has 0 aromatic carbocycles. The molecule has 0 aromatic heterocycles. The molecule has 0 aliphatic rings. The van der Waals surface area contributed by atoms with Gasteiger partial charge in [-0.3, -0.25) is 9.32 Å². The topological polar surface area (TPSA) is 116 Å². The molecule has 0 radical (unpaired) electrons. The van der Waals surface area contributed by atoms with Crippen molar-refractivity contribution < 1.29 is 28.8 Å². The first-order valence-electron chi connectivity index (χ1n) is 23.1. The van der Waals surface area contributed by atoms with Crippen LogP contribution in [0.4, 0.5) is 0 Å². The molecule has 0 saturated heterocycles. The van der Waals surface area contributed by atoms with Crippen LogP contribution in [0.1, 0.15) is 251 Å². The molecule has 1 amide bonds. The Morgan fingerprint density at radius 1 is 0.528 bits per heavy atom. The Bertz CT molecular complexity index is 834. The van der Waals surface area contributed by atoms with Crippen molar-refractivity contribution in [3.8, 4) is 0 Å². The van der Waals surface area contributed by atoms with Gasteiger partial charge < -0.3 is 20.2 Å². The molecule has 0 fully saturated rings. The zero-order valence-corrected chi connectivity index (χ0v) is 36.1. The zero-order chi connectivity index (χ0) is 38.9. The second kappa shape index (κ2) is 40.9. The molecule has 53 heavy (non-hydrogen) atoms. The van der Waals surface area contributed by atoms with E-state index in [2.05, 4.69) is 35.8 Å². The van der Waals surface area contributed by atoms with Crippen molar-refractivity contribution in [3.63, 3.8) is 0 Å². The zero-order valence-electron chi connectivity index (χ0n) is 35.2. The minimum absolute atomic E-state index is 0.190. The number of nitrogens with one attached hydrogen (secondary N) is 1. The number of phosphoric acid groups is 1. The monoisotopic (exact) mass is 772 g/mol. The molecule has 0 saturated carbocycles. The van der Waals surface area contributed by atoms with Gasteiger partial charge in [0.1, 0.15) is 0 Å². The summed E-state index contributed by atoms with van der Waals surface area (Å²) in [5, 5.41) is 13.5. The van der Waals surface area contributed by atoms with Gasteiger partial charge in [0.2, 0.25) is 5.91 Å². The predicted octanol–water partition coefficient (Wildman–Crippen LogP) is 14.0. The van der Waals surface area contributed by atoms with Crippen molar-refractivity contribution in [3.05, 3.63) is 12.2 Å².